The Labute approximate surface area is 136 Å². The normalized spacial score (nSPS) is 24.4. The summed E-state index contributed by atoms with van der Waals surface area (Å²) in [6.45, 7) is 3.12. The van der Waals surface area contributed by atoms with Crippen LogP contribution in [0.5, 0.6) is 0 Å². The number of aliphatic hydroxyl groups is 1. The van der Waals surface area contributed by atoms with E-state index in [1.165, 1.54) is 18.9 Å². The van der Waals surface area contributed by atoms with Gasteiger partial charge < -0.3 is 24.9 Å². The molecule has 0 aromatic carbocycles. The smallest absolute Gasteiger partial charge is 0.394 e. The average molecular weight is 357 g/mol. The molecule has 24 heavy (non-hydrogen) atoms. The van der Waals surface area contributed by atoms with Crippen LogP contribution in [0.3, 0.4) is 0 Å². The summed E-state index contributed by atoms with van der Waals surface area (Å²) in [5.74, 6) is 0.466. The van der Waals surface area contributed by atoms with E-state index in [1.54, 1.807) is 4.57 Å². The quantitative estimate of drug-likeness (QED) is 0.525. The van der Waals surface area contributed by atoms with Crippen LogP contribution in [-0.2, 0) is 13.8 Å². The van der Waals surface area contributed by atoms with Crippen molar-refractivity contribution in [1.29, 1.82) is 0 Å². The minimum atomic E-state index is -4.70. The molecular formula is C12H16N5O6P. The average Bonchev–Trinajstić information content (AvgIpc) is 3.10. The zero-order chi connectivity index (χ0) is 17.3. The standard InChI is InChI=1S/C12H16N5O6P/c1-2-13-11-10-12(15-5-14-11)17(6-16-10)9-3-7(8(4-18)22-9)23-24(19,20)21/h2,5-9,18H,1,3-4H2,(H,13,14,15)(H2,19,20,21)/t7-,8+,9+/m0/s1. The number of hydrogen-bond donors (Lipinski definition) is 4. The van der Waals surface area contributed by atoms with Gasteiger partial charge in [-0.1, -0.05) is 6.58 Å². The maximum absolute atomic E-state index is 11.0. The predicted molar refractivity (Wildman–Crippen MR) is 81.7 cm³/mol. The summed E-state index contributed by atoms with van der Waals surface area (Å²) in [5, 5.41) is 12.2. The Balaban J connectivity index is 1.90. The van der Waals surface area contributed by atoms with Crippen LogP contribution in [0.1, 0.15) is 12.6 Å². The Morgan fingerprint density at radius 3 is 2.96 bits per heavy atom. The van der Waals surface area contributed by atoms with E-state index in [9.17, 15) is 9.67 Å². The molecule has 11 nitrogen and oxygen atoms in total. The molecule has 3 heterocycles. The van der Waals surface area contributed by atoms with E-state index < -0.39 is 32.9 Å². The van der Waals surface area contributed by atoms with Crippen molar-refractivity contribution in [2.45, 2.75) is 24.9 Å². The molecule has 0 unspecified atom stereocenters. The van der Waals surface area contributed by atoms with Gasteiger partial charge in [0.1, 0.15) is 24.8 Å². The number of phosphoric acid groups is 1. The number of nitrogens with one attached hydrogen (secondary N) is 1. The molecule has 0 saturated carbocycles. The first kappa shape index (κ1) is 17.0. The zero-order valence-electron chi connectivity index (χ0n) is 12.4. The number of rotatable bonds is 6. The number of hydrogen-bond acceptors (Lipinski definition) is 8. The van der Waals surface area contributed by atoms with Gasteiger partial charge in [-0.05, 0) is 6.20 Å². The monoisotopic (exact) mass is 357 g/mol. The highest BCUT2D eigenvalue weighted by atomic mass is 31.2. The Hall–Kier alpha value is -1.88. The highest BCUT2D eigenvalue weighted by molar-refractivity contribution is 7.46. The number of aliphatic hydroxyl groups excluding tert-OH is 1. The van der Waals surface area contributed by atoms with Crippen molar-refractivity contribution in [2.75, 3.05) is 11.9 Å². The number of phosphoric ester groups is 1. The van der Waals surface area contributed by atoms with E-state index in [4.69, 9.17) is 19.0 Å². The van der Waals surface area contributed by atoms with Gasteiger partial charge in [-0.15, -0.1) is 0 Å². The van der Waals surface area contributed by atoms with Crippen molar-refractivity contribution in [3.63, 3.8) is 0 Å². The van der Waals surface area contributed by atoms with Gasteiger partial charge in [0.15, 0.2) is 17.0 Å². The van der Waals surface area contributed by atoms with Crippen LogP contribution in [0.4, 0.5) is 5.82 Å². The molecule has 2 aromatic heterocycles. The summed E-state index contributed by atoms with van der Waals surface area (Å²) in [5.41, 5.74) is 0.953. The molecule has 1 fully saturated rings. The Bertz CT molecular complexity index is 791. The molecule has 12 heteroatoms. The van der Waals surface area contributed by atoms with Crippen molar-refractivity contribution in [3.8, 4) is 0 Å². The van der Waals surface area contributed by atoms with E-state index in [0.29, 0.717) is 17.0 Å². The third kappa shape index (κ3) is 3.31. The van der Waals surface area contributed by atoms with Gasteiger partial charge in [0.2, 0.25) is 0 Å². The van der Waals surface area contributed by atoms with Crippen molar-refractivity contribution in [1.82, 2.24) is 19.5 Å². The molecule has 0 spiro atoms. The number of anilines is 1. The van der Waals surface area contributed by atoms with Gasteiger partial charge in [0.25, 0.3) is 0 Å². The number of ether oxygens (including phenoxy) is 1. The highest BCUT2D eigenvalue weighted by Gasteiger charge is 2.40. The van der Waals surface area contributed by atoms with Crippen LogP contribution in [-0.4, -0.2) is 53.2 Å². The highest BCUT2D eigenvalue weighted by Crippen LogP contribution is 2.43. The molecule has 4 N–H and O–H groups in total. The fourth-order valence-electron chi connectivity index (χ4n) is 2.59. The Morgan fingerprint density at radius 2 is 2.29 bits per heavy atom. The second-order valence-corrected chi connectivity index (χ2v) is 6.27. The lowest BCUT2D eigenvalue weighted by molar-refractivity contribution is -0.0425. The van der Waals surface area contributed by atoms with Crippen molar-refractivity contribution in [3.05, 3.63) is 25.4 Å². The SMILES string of the molecule is C=CNc1ncnc2c1ncn2[C@H]1C[C@H](OP(=O)(O)O)[C@@H](CO)O1. The predicted octanol–water partition coefficient (Wildman–Crippen LogP) is 0.139. The molecule has 130 valence electrons. The Kier molecular flexibility index (Phi) is 4.63. The van der Waals surface area contributed by atoms with E-state index in [1.807, 2.05) is 0 Å². The van der Waals surface area contributed by atoms with Crippen LogP contribution < -0.4 is 5.32 Å². The maximum atomic E-state index is 11.0. The third-order valence-corrected chi connectivity index (χ3v) is 4.09. The number of fused-ring (bicyclic) bond motifs is 1. The van der Waals surface area contributed by atoms with Crippen molar-refractivity contribution in [2.24, 2.45) is 0 Å². The molecule has 0 aliphatic carbocycles. The summed E-state index contributed by atoms with van der Waals surface area (Å²) in [6, 6.07) is 0. The van der Waals surface area contributed by atoms with Crippen LogP contribution in [0, 0.1) is 0 Å². The molecule has 3 atom stereocenters. The molecule has 2 aromatic rings. The number of imidazole rings is 1. The van der Waals surface area contributed by atoms with E-state index in [0.717, 1.165) is 0 Å². The van der Waals surface area contributed by atoms with Crippen LogP contribution >= 0.6 is 7.82 Å². The first-order valence-electron chi connectivity index (χ1n) is 6.98. The van der Waals surface area contributed by atoms with E-state index in [2.05, 4.69) is 26.8 Å². The second kappa shape index (κ2) is 6.55. The molecular weight excluding hydrogens is 341 g/mol. The summed E-state index contributed by atoms with van der Waals surface area (Å²) in [6.07, 6.45) is 1.93. The van der Waals surface area contributed by atoms with Crippen molar-refractivity contribution >= 4 is 24.8 Å². The lowest BCUT2D eigenvalue weighted by Gasteiger charge is -2.16. The van der Waals surface area contributed by atoms with Gasteiger partial charge in [0, 0.05) is 6.42 Å². The maximum Gasteiger partial charge on any atom is 0.469 e. The Morgan fingerprint density at radius 1 is 1.50 bits per heavy atom. The topological polar surface area (TPSA) is 152 Å². The summed E-state index contributed by atoms with van der Waals surface area (Å²) < 4.78 is 23.0. The first-order valence-corrected chi connectivity index (χ1v) is 8.51. The lowest BCUT2D eigenvalue weighted by Crippen LogP contribution is -2.26. The first-order chi connectivity index (χ1) is 11.4. The van der Waals surface area contributed by atoms with E-state index >= 15 is 0 Å². The van der Waals surface area contributed by atoms with E-state index in [-0.39, 0.29) is 6.42 Å². The summed E-state index contributed by atoms with van der Waals surface area (Å²) in [4.78, 5) is 30.4. The molecule has 1 aliphatic heterocycles. The van der Waals surface area contributed by atoms with Gasteiger partial charge in [-0.2, -0.15) is 0 Å². The van der Waals surface area contributed by atoms with Crippen LogP contribution in [0.15, 0.2) is 25.4 Å². The molecule has 0 radical (unpaired) electrons. The molecule has 1 aliphatic rings. The van der Waals surface area contributed by atoms with Gasteiger partial charge in [0.05, 0.1) is 12.9 Å². The number of nitrogens with zero attached hydrogens (tertiary/aromatic N) is 4. The van der Waals surface area contributed by atoms with Crippen molar-refractivity contribution < 1.29 is 28.7 Å². The zero-order valence-corrected chi connectivity index (χ0v) is 13.3. The van der Waals surface area contributed by atoms with Gasteiger partial charge in [-0.25, -0.2) is 19.5 Å². The summed E-state index contributed by atoms with van der Waals surface area (Å²) in [7, 11) is -4.70. The van der Waals surface area contributed by atoms with Crippen LogP contribution in [0.25, 0.3) is 11.2 Å². The fraction of sp³-hybridized carbons (Fsp3) is 0.417. The molecule has 0 amide bonds. The van der Waals surface area contributed by atoms with Crippen LogP contribution in [0.2, 0.25) is 0 Å². The minimum Gasteiger partial charge on any atom is -0.394 e. The van der Waals surface area contributed by atoms with Gasteiger partial charge >= 0.3 is 7.82 Å². The largest absolute Gasteiger partial charge is 0.469 e. The molecule has 0 bridgehead atoms. The minimum absolute atomic E-state index is 0.121. The second-order valence-electron chi connectivity index (χ2n) is 5.08. The summed E-state index contributed by atoms with van der Waals surface area (Å²) >= 11 is 0. The molecule has 1 saturated heterocycles. The fourth-order valence-corrected chi connectivity index (χ4v) is 3.16. The molecule has 3 rings (SSSR count). The number of aromatic nitrogens is 4. The third-order valence-electron chi connectivity index (χ3n) is 3.54. The van der Waals surface area contributed by atoms with Gasteiger partial charge in [-0.3, -0.25) is 9.09 Å². The lowest BCUT2D eigenvalue weighted by atomic mass is 10.2.